The van der Waals surface area contributed by atoms with E-state index < -0.39 is 5.97 Å². The first-order chi connectivity index (χ1) is 7.16. The number of carboxylic acids is 1. The Morgan fingerprint density at radius 3 is 2.80 bits per heavy atom. The highest BCUT2D eigenvalue weighted by atomic mass is 16.4. The average molecular weight is 202 g/mol. The lowest BCUT2D eigenvalue weighted by Gasteiger charge is -1.98. The minimum atomic E-state index is -0.927. The maximum Gasteiger partial charge on any atom is 0.335 e. The van der Waals surface area contributed by atoms with Gasteiger partial charge in [0.25, 0.3) is 0 Å². The Morgan fingerprint density at radius 2 is 2.20 bits per heavy atom. The van der Waals surface area contributed by atoms with Crippen LogP contribution in [0.2, 0.25) is 0 Å². The molecule has 15 heavy (non-hydrogen) atoms. The lowest BCUT2D eigenvalue weighted by Crippen LogP contribution is -1.95. The van der Waals surface area contributed by atoms with Crippen LogP contribution in [-0.2, 0) is 0 Å². The molecule has 1 heterocycles. The Morgan fingerprint density at radius 1 is 1.40 bits per heavy atom. The molecular formula is C11H10N2O2. The van der Waals surface area contributed by atoms with E-state index in [1.807, 2.05) is 19.1 Å². The quantitative estimate of drug-likeness (QED) is 0.783. The molecule has 0 saturated carbocycles. The average Bonchev–Trinajstić information content (AvgIpc) is 2.65. The molecule has 0 bridgehead atoms. The predicted octanol–water partition coefficient (Wildman–Crippen LogP) is 2.08. The van der Waals surface area contributed by atoms with Crippen LogP contribution in [0.15, 0.2) is 30.3 Å². The summed E-state index contributed by atoms with van der Waals surface area (Å²) < 4.78 is 0. The molecule has 0 saturated heterocycles. The molecule has 1 aromatic carbocycles. The van der Waals surface area contributed by atoms with E-state index in [1.54, 1.807) is 18.2 Å². The highest BCUT2D eigenvalue weighted by Crippen LogP contribution is 2.18. The van der Waals surface area contributed by atoms with Crippen molar-refractivity contribution in [3.8, 4) is 11.3 Å². The van der Waals surface area contributed by atoms with Gasteiger partial charge in [-0.05, 0) is 25.1 Å². The smallest absolute Gasteiger partial charge is 0.335 e. The molecule has 0 radical (unpaired) electrons. The summed E-state index contributed by atoms with van der Waals surface area (Å²) >= 11 is 0. The third-order valence-corrected chi connectivity index (χ3v) is 2.11. The molecule has 0 unspecified atom stereocenters. The standard InChI is InChI=1S/C11H10N2O2/c1-7-5-10(13-12-7)8-3-2-4-9(6-8)11(14)15/h2-6H,1H3,(H,12,13)(H,14,15). The van der Waals surface area contributed by atoms with Crippen LogP contribution in [0.3, 0.4) is 0 Å². The molecule has 0 spiro atoms. The normalized spacial score (nSPS) is 10.2. The van der Waals surface area contributed by atoms with Gasteiger partial charge in [0.2, 0.25) is 0 Å². The Labute approximate surface area is 86.6 Å². The third kappa shape index (κ3) is 1.88. The monoisotopic (exact) mass is 202 g/mol. The van der Waals surface area contributed by atoms with E-state index in [2.05, 4.69) is 10.2 Å². The zero-order valence-electron chi connectivity index (χ0n) is 8.19. The van der Waals surface area contributed by atoms with Gasteiger partial charge in [0.05, 0.1) is 11.3 Å². The number of carbonyl (C=O) groups is 1. The summed E-state index contributed by atoms with van der Waals surface area (Å²) in [5, 5.41) is 15.7. The Hall–Kier alpha value is -2.10. The van der Waals surface area contributed by atoms with Crippen molar-refractivity contribution in [1.29, 1.82) is 0 Å². The molecule has 0 amide bonds. The topological polar surface area (TPSA) is 66.0 Å². The minimum absolute atomic E-state index is 0.271. The lowest BCUT2D eigenvalue weighted by molar-refractivity contribution is 0.0697. The van der Waals surface area contributed by atoms with Gasteiger partial charge in [0.15, 0.2) is 0 Å². The fourth-order valence-electron chi connectivity index (χ4n) is 1.38. The van der Waals surface area contributed by atoms with Crippen LogP contribution < -0.4 is 0 Å². The van der Waals surface area contributed by atoms with Crippen molar-refractivity contribution >= 4 is 5.97 Å². The number of benzene rings is 1. The maximum atomic E-state index is 10.8. The molecule has 4 nitrogen and oxygen atoms in total. The Balaban J connectivity index is 2.45. The van der Waals surface area contributed by atoms with Crippen molar-refractivity contribution in [2.24, 2.45) is 0 Å². The summed E-state index contributed by atoms with van der Waals surface area (Å²) in [6, 6.07) is 8.59. The zero-order valence-corrected chi connectivity index (χ0v) is 8.19. The van der Waals surface area contributed by atoms with E-state index in [-0.39, 0.29) is 5.56 Å². The summed E-state index contributed by atoms with van der Waals surface area (Å²) in [6.45, 7) is 1.90. The van der Waals surface area contributed by atoms with E-state index in [9.17, 15) is 4.79 Å². The number of aryl methyl sites for hydroxylation is 1. The summed E-state index contributed by atoms with van der Waals surface area (Å²) in [5.74, 6) is -0.927. The van der Waals surface area contributed by atoms with Gasteiger partial charge in [-0.15, -0.1) is 0 Å². The summed E-state index contributed by atoms with van der Waals surface area (Å²) in [5.41, 5.74) is 2.79. The van der Waals surface area contributed by atoms with Crippen molar-refractivity contribution in [1.82, 2.24) is 10.2 Å². The molecule has 0 aliphatic carbocycles. The lowest BCUT2D eigenvalue weighted by atomic mass is 10.1. The van der Waals surface area contributed by atoms with E-state index in [4.69, 9.17) is 5.11 Å². The number of aromatic nitrogens is 2. The SMILES string of the molecule is Cc1cc(-c2cccc(C(=O)O)c2)n[nH]1. The molecule has 0 aliphatic heterocycles. The van der Waals surface area contributed by atoms with Gasteiger partial charge < -0.3 is 5.11 Å². The largest absolute Gasteiger partial charge is 0.478 e. The molecule has 2 aromatic rings. The van der Waals surface area contributed by atoms with Crippen LogP contribution in [-0.4, -0.2) is 21.3 Å². The number of aromatic carboxylic acids is 1. The first-order valence-corrected chi connectivity index (χ1v) is 4.52. The van der Waals surface area contributed by atoms with Gasteiger partial charge in [-0.25, -0.2) is 4.79 Å². The van der Waals surface area contributed by atoms with E-state index in [0.717, 1.165) is 17.0 Å². The zero-order chi connectivity index (χ0) is 10.8. The fourth-order valence-corrected chi connectivity index (χ4v) is 1.38. The van der Waals surface area contributed by atoms with Gasteiger partial charge in [0.1, 0.15) is 0 Å². The third-order valence-electron chi connectivity index (χ3n) is 2.11. The van der Waals surface area contributed by atoms with Crippen molar-refractivity contribution in [2.45, 2.75) is 6.92 Å². The first kappa shape index (κ1) is 9.45. The van der Waals surface area contributed by atoms with E-state index >= 15 is 0 Å². The number of carboxylic acid groups (broad SMARTS) is 1. The molecule has 1 aromatic heterocycles. The molecule has 2 rings (SSSR count). The summed E-state index contributed by atoms with van der Waals surface area (Å²) in [7, 11) is 0. The molecule has 0 aliphatic rings. The van der Waals surface area contributed by atoms with Gasteiger partial charge in [-0.1, -0.05) is 12.1 Å². The van der Waals surface area contributed by atoms with Crippen molar-refractivity contribution in [3.05, 3.63) is 41.6 Å². The van der Waals surface area contributed by atoms with Crippen LogP contribution in [0, 0.1) is 6.92 Å². The number of nitrogens with zero attached hydrogens (tertiary/aromatic N) is 1. The number of H-pyrrole nitrogens is 1. The Kier molecular flexibility index (Phi) is 2.25. The second-order valence-electron chi connectivity index (χ2n) is 3.32. The predicted molar refractivity (Wildman–Crippen MR) is 55.7 cm³/mol. The minimum Gasteiger partial charge on any atom is -0.478 e. The Bertz CT molecular complexity index is 503. The number of hydrogen-bond acceptors (Lipinski definition) is 2. The van der Waals surface area contributed by atoms with Crippen molar-refractivity contribution in [2.75, 3.05) is 0 Å². The summed E-state index contributed by atoms with van der Waals surface area (Å²) in [4.78, 5) is 10.8. The molecule has 76 valence electrons. The second-order valence-corrected chi connectivity index (χ2v) is 3.32. The number of aromatic amines is 1. The van der Waals surface area contributed by atoms with Crippen molar-refractivity contribution < 1.29 is 9.90 Å². The van der Waals surface area contributed by atoms with Gasteiger partial charge in [-0.3, -0.25) is 5.10 Å². The van der Waals surface area contributed by atoms with Crippen LogP contribution in [0.25, 0.3) is 11.3 Å². The van der Waals surface area contributed by atoms with E-state index in [0.29, 0.717) is 0 Å². The molecular weight excluding hydrogens is 192 g/mol. The van der Waals surface area contributed by atoms with E-state index in [1.165, 1.54) is 0 Å². The molecule has 2 N–H and O–H groups in total. The van der Waals surface area contributed by atoms with Crippen LogP contribution in [0.4, 0.5) is 0 Å². The van der Waals surface area contributed by atoms with Gasteiger partial charge in [0, 0.05) is 11.3 Å². The number of hydrogen-bond donors (Lipinski definition) is 2. The summed E-state index contributed by atoms with van der Waals surface area (Å²) in [6.07, 6.45) is 0. The van der Waals surface area contributed by atoms with Gasteiger partial charge >= 0.3 is 5.97 Å². The van der Waals surface area contributed by atoms with Crippen LogP contribution in [0.1, 0.15) is 16.1 Å². The van der Waals surface area contributed by atoms with Crippen molar-refractivity contribution in [3.63, 3.8) is 0 Å². The molecule has 0 atom stereocenters. The highest BCUT2D eigenvalue weighted by molar-refractivity contribution is 5.89. The van der Waals surface area contributed by atoms with Gasteiger partial charge in [-0.2, -0.15) is 5.10 Å². The van der Waals surface area contributed by atoms with Crippen LogP contribution >= 0.6 is 0 Å². The fraction of sp³-hybridized carbons (Fsp3) is 0.0909. The molecule has 0 fully saturated rings. The number of nitrogens with one attached hydrogen (secondary N) is 1. The van der Waals surface area contributed by atoms with Crippen LogP contribution in [0.5, 0.6) is 0 Å². The maximum absolute atomic E-state index is 10.8. The number of rotatable bonds is 2. The highest BCUT2D eigenvalue weighted by Gasteiger charge is 2.06. The molecule has 4 heteroatoms. The first-order valence-electron chi connectivity index (χ1n) is 4.52. The second kappa shape index (κ2) is 3.57.